The number of aryl methyl sites for hydroxylation is 2. The molecule has 1 aliphatic rings. The summed E-state index contributed by atoms with van der Waals surface area (Å²) in [6, 6.07) is 12.4. The van der Waals surface area contributed by atoms with Crippen LogP contribution >= 0.6 is 0 Å². The Morgan fingerprint density at radius 2 is 1.69 bits per heavy atom. The first-order valence-corrected chi connectivity index (χ1v) is 11.5. The standard InChI is InChI=1S/C27H33NO4/c1-5-7-8-16-32-22-13-11-20(12-14-22)24-23(26(30)27(31)28(24)15-6-2)25(29)21-10-9-18(3)19(4)17-21/h9-14,17,24,29H,5-8,15-16H2,1-4H3/b25-23-. The molecule has 1 N–H and O–H groups in total. The van der Waals surface area contributed by atoms with Crippen molar-refractivity contribution < 1.29 is 19.4 Å². The van der Waals surface area contributed by atoms with E-state index in [0.29, 0.717) is 25.1 Å². The van der Waals surface area contributed by atoms with Gasteiger partial charge in [0.05, 0.1) is 18.2 Å². The van der Waals surface area contributed by atoms with Gasteiger partial charge in [0.25, 0.3) is 11.7 Å². The average Bonchev–Trinajstić information content (AvgIpc) is 3.04. The molecule has 1 fully saturated rings. The molecule has 0 radical (unpaired) electrons. The third-order valence-electron chi connectivity index (χ3n) is 6.00. The van der Waals surface area contributed by atoms with E-state index < -0.39 is 17.7 Å². The first-order chi connectivity index (χ1) is 15.4. The highest BCUT2D eigenvalue weighted by atomic mass is 16.5. The molecule has 1 unspecified atom stereocenters. The van der Waals surface area contributed by atoms with E-state index in [4.69, 9.17) is 4.74 Å². The summed E-state index contributed by atoms with van der Waals surface area (Å²) in [6.45, 7) is 9.17. The maximum absolute atomic E-state index is 13.0. The zero-order valence-corrected chi connectivity index (χ0v) is 19.5. The van der Waals surface area contributed by atoms with E-state index in [2.05, 4.69) is 6.92 Å². The molecular weight excluding hydrogens is 402 g/mol. The van der Waals surface area contributed by atoms with Crippen LogP contribution in [0.25, 0.3) is 5.76 Å². The number of rotatable bonds is 9. The molecule has 1 atom stereocenters. The molecule has 0 saturated carbocycles. The van der Waals surface area contributed by atoms with Gasteiger partial charge in [0.15, 0.2) is 0 Å². The lowest BCUT2D eigenvalue weighted by Gasteiger charge is -2.25. The van der Waals surface area contributed by atoms with E-state index in [0.717, 1.165) is 41.7 Å². The fourth-order valence-electron chi connectivity index (χ4n) is 4.03. The van der Waals surface area contributed by atoms with Crippen LogP contribution < -0.4 is 4.74 Å². The van der Waals surface area contributed by atoms with Gasteiger partial charge in [0.1, 0.15) is 11.5 Å². The molecule has 1 amide bonds. The zero-order valence-electron chi connectivity index (χ0n) is 19.5. The Labute approximate surface area is 190 Å². The summed E-state index contributed by atoms with van der Waals surface area (Å²) >= 11 is 0. The van der Waals surface area contributed by atoms with Crippen LogP contribution in [0.5, 0.6) is 5.75 Å². The normalized spacial score (nSPS) is 17.8. The second-order valence-corrected chi connectivity index (χ2v) is 8.42. The third kappa shape index (κ3) is 4.87. The topological polar surface area (TPSA) is 66.8 Å². The predicted octanol–water partition coefficient (Wildman–Crippen LogP) is 5.70. The Morgan fingerprint density at radius 1 is 0.969 bits per heavy atom. The van der Waals surface area contributed by atoms with Gasteiger partial charge >= 0.3 is 0 Å². The first-order valence-electron chi connectivity index (χ1n) is 11.5. The van der Waals surface area contributed by atoms with Crippen molar-refractivity contribution in [1.29, 1.82) is 0 Å². The molecule has 1 aliphatic heterocycles. The van der Waals surface area contributed by atoms with Gasteiger partial charge in [0.2, 0.25) is 0 Å². The van der Waals surface area contributed by atoms with Crippen LogP contribution in [-0.2, 0) is 9.59 Å². The van der Waals surface area contributed by atoms with Crippen LogP contribution in [0.4, 0.5) is 0 Å². The molecule has 0 aliphatic carbocycles. The van der Waals surface area contributed by atoms with Crippen molar-refractivity contribution in [1.82, 2.24) is 4.90 Å². The number of amides is 1. The molecule has 1 saturated heterocycles. The van der Waals surface area contributed by atoms with Crippen molar-refractivity contribution >= 4 is 17.4 Å². The van der Waals surface area contributed by atoms with Gasteiger partial charge in [-0.2, -0.15) is 0 Å². The molecule has 2 aromatic rings. The van der Waals surface area contributed by atoms with Crippen molar-refractivity contribution in [3.8, 4) is 5.75 Å². The number of carbonyl (C=O) groups excluding carboxylic acids is 2. The predicted molar refractivity (Wildman–Crippen MR) is 127 cm³/mol. The third-order valence-corrected chi connectivity index (χ3v) is 6.00. The van der Waals surface area contributed by atoms with E-state index in [1.165, 1.54) is 0 Å². The molecule has 3 rings (SSSR count). The van der Waals surface area contributed by atoms with Gasteiger partial charge < -0.3 is 14.7 Å². The lowest BCUT2D eigenvalue weighted by atomic mass is 9.94. The number of aliphatic hydroxyl groups excluding tert-OH is 1. The lowest BCUT2D eigenvalue weighted by Crippen LogP contribution is -2.30. The number of likely N-dealkylation sites (tertiary alicyclic amines) is 1. The summed E-state index contributed by atoms with van der Waals surface area (Å²) in [4.78, 5) is 27.4. The molecule has 32 heavy (non-hydrogen) atoms. The summed E-state index contributed by atoms with van der Waals surface area (Å²) < 4.78 is 5.80. The maximum atomic E-state index is 13.0. The zero-order chi connectivity index (χ0) is 23.3. The minimum atomic E-state index is -0.640. The number of hydrogen-bond acceptors (Lipinski definition) is 4. The molecule has 0 aromatic heterocycles. The smallest absolute Gasteiger partial charge is 0.295 e. The Bertz CT molecular complexity index is 1010. The molecule has 2 aromatic carbocycles. The summed E-state index contributed by atoms with van der Waals surface area (Å²) in [6.07, 6.45) is 3.98. The molecule has 0 bridgehead atoms. The van der Waals surface area contributed by atoms with Gasteiger partial charge in [-0.05, 0) is 61.6 Å². The Morgan fingerprint density at radius 3 is 2.31 bits per heavy atom. The second-order valence-electron chi connectivity index (χ2n) is 8.42. The summed E-state index contributed by atoms with van der Waals surface area (Å²) in [7, 11) is 0. The average molecular weight is 436 g/mol. The minimum Gasteiger partial charge on any atom is -0.507 e. The number of Topliss-reactive ketones (excluding diaryl/α,β-unsaturated/α-hetero) is 1. The van der Waals surface area contributed by atoms with E-state index in [9.17, 15) is 14.7 Å². The molecule has 0 spiro atoms. The molecule has 5 heteroatoms. The van der Waals surface area contributed by atoms with Crippen molar-refractivity contribution in [2.24, 2.45) is 0 Å². The van der Waals surface area contributed by atoms with E-state index >= 15 is 0 Å². The van der Waals surface area contributed by atoms with Gasteiger partial charge in [-0.15, -0.1) is 0 Å². The van der Waals surface area contributed by atoms with Gasteiger partial charge in [-0.25, -0.2) is 0 Å². The number of ketones is 1. The number of carbonyl (C=O) groups is 2. The summed E-state index contributed by atoms with van der Waals surface area (Å²) in [5, 5.41) is 11.1. The fraction of sp³-hybridized carbons (Fsp3) is 0.407. The van der Waals surface area contributed by atoms with Crippen LogP contribution in [0.15, 0.2) is 48.0 Å². The van der Waals surface area contributed by atoms with Crippen LogP contribution in [0, 0.1) is 13.8 Å². The molecule has 5 nitrogen and oxygen atoms in total. The number of nitrogens with zero attached hydrogens (tertiary/aromatic N) is 1. The monoisotopic (exact) mass is 435 g/mol. The van der Waals surface area contributed by atoms with Gasteiger partial charge in [-0.3, -0.25) is 9.59 Å². The van der Waals surface area contributed by atoms with Crippen molar-refractivity contribution in [2.75, 3.05) is 13.2 Å². The van der Waals surface area contributed by atoms with Crippen LogP contribution in [0.2, 0.25) is 0 Å². The Balaban J connectivity index is 1.99. The largest absolute Gasteiger partial charge is 0.507 e. The van der Waals surface area contributed by atoms with Crippen LogP contribution in [-0.4, -0.2) is 34.8 Å². The number of unbranched alkanes of at least 4 members (excludes halogenated alkanes) is 2. The molecule has 1 heterocycles. The Hall–Kier alpha value is -3.08. The number of benzene rings is 2. The summed E-state index contributed by atoms with van der Waals surface area (Å²) in [5.74, 6) is -0.581. The van der Waals surface area contributed by atoms with Crippen LogP contribution in [0.3, 0.4) is 0 Å². The lowest BCUT2D eigenvalue weighted by molar-refractivity contribution is -0.139. The van der Waals surface area contributed by atoms with Crippen LogP contribution in [0.1, 0.15) is 67.8 Å². The van der Waals surface area contributed by atoms with E-state index in [1.807, 2.05) is 57.2 Å². The van der Waals surface area contributed by atoms with Crippen molar-refractivity contribution in [2.45, 2.75) is 59.4 Å². The maximum Gasteiger partial charge on any atom is 0.295 e. The summed E-state index contributed by atoms with van der Waals surface area (Å²) in [5.41, 5.74) is 3.58. The fourth-order valence-corrected chi connectivity index (χ4v) is 4.03. The van der Waals surface area contributed by atoms with Gasteiger partial charge in [0, 0.05) is 12.1 Å². The number of aliphatic hydroxyl groups is 1. The van der Waals surface area contributed by atoms with E-state index in [1.54, 1.807) is 11.0 Å². The molecule has 170 valence electrons. The highest BCUT2D eigenvalue weighted by molar-refractivity contribution is 6.46. The molecular formula is C27H33NO4. The highest BCUT2D eigenvalue weighted by Gasteiger charge is 2.45. The Kier molecular flexibility index (Phi) is 7.73. The van der Waals surface area contributed by atoms with Crippen molar-refractivity contribution in [3.05, 3.63) is 70.3 Å². The number of hydrogen-bond donors (Lipinski definition) is 1. The minimum absolute atomic E-state index is 0.130. The quantitative estimate of drug-likeness (QED) is 0.237. The van der Waals surface area contributed by atoms with Gasteiger partial charge in [-0.1, -0.05) is 51.0 Å². The number of ether oxygens (including phenoxy) is 1. The first kappa shape index (κ1) is 23.6. The van der Waals surface area contributed by atoms with E-state index in [-0.39, 0.29) is 11.3 Å². The second kappa shape index (κ2) is 10.5. The van der Waals surface area contributed by atoms with Crippen molar-refractivity contribution in [3.63, 3.8) is 0 Å². The highest BCUT2D eigenvalue weighted by Crippen LogP contribution is 2.40. The SMILES string of the molecule is CCCCCOc1ccc(C2/C(=C(/O)c3ccc(C)c(C)c3)C(=O)C(=O)N2CCC)cc1.